The molecule has 2 fully saturated rings. The fourth-order valence-electron chi connectivity index (χ4n) is 1.77. The van der Waals surface area contributed by atoms with Gasteiger partial charge in [0, 0.05) is 38.6 Å². The third-order valence-corrected chi connectivity index (χ3v) is 3.36. The van der Waals surface area contributed by atoms with Crippen LogP contribution < -0.4 is 0 Å². The van der Waals surface area contributed by atoms with Gasteiger partial charge in [0.2, 0.25) is 0 Å². The third-order valence-electron chi connectivity index (χ3n) is 1.86. The Labute approximate surface area is 162 Å². The molecule has 2 aliphatic carbocycles. The summed E-state index contributed by atoms with van der Waals surface area (Å²) in [5.74, 6) is 0. The first-order valence-corrected chi connectivity index (χ1v) is 7.83. The van der Waals surface area contributed by atoms with Crippen LogP contribution in [0.4, 0.5) is 0 Å². The van der Waals surface area contributed by atoms with Crippen molar-refractivity contribution < 1.29 is 38.6 Å². The van der Waals surface area contributed by atoms with E-state index in [-0.39, 0.29) is 38.6 Å². The van der Waals surface area contributed by atoms with Crippen LogP contribution in [0, 0.1) is 103 Å². The molecule has 0 aromatic heterocycles. The van der Waals surface area contributed by atoms with E-state index in [2.05, 4.69) is 41.5 Å². The van der Waals surface area contributed by atoms with Crippen LogP contribution in [0.3, 0.4) is 0 Å². The third kappa shape index (κ3) is 22.0. The van der Waals surface area contributed by atoms with E-state index in [1.807, 2.05) is 64.2 Å². The first-order chi connectivity index (χ1) is 8.71. The van der Waals surface area contributed by atoms with Crippen molar-refractivity contribution in [2.75, 3.05) is 0 Å². The molecule has 0 nitrogen and oxygen atoms in total. The molecule has 0 amide bonds. The maximum atomic E-state index is 2.30. The molecule has 0 N–H and O–H groups in total. The minimum atomic E-state index is 0. The Morgan fingerprint density at radius 3 is 0.650 bits per heavy atom. The van der Waals surface area contributed by atoms with E-state index in [0.29, 0.717) is 10.3 Å². The van der Waals surface area contributed by atoms with Gasteiger partial charge in [0.1, 0.15) is 0 Å². The van der Waals surface area contributed by atoms with Crippen LogP contribution in [-0.4, -0.2) is 10.3 Å². The number of hydrogen-bond donors (Lipinski definition) is 0. The standard InChI is InChI=1S/C8H19P.2C5H5.Tb/c1-7(2,3)9-8(4,5)6;2*1-2-4-5-3-1;/h9H,1-6H3;2*1-5H;. The average Bonchev–Trinajstić information content (AvgIpc) is 2.93. The van der Waals surface area contributed by atoms with Crippen LogP contribution >= 0.6 is 8.58 Å². The molecule has 2 saturated carbocycles. The SMILES string of the molecule is CC(C)(C)PC(C)(C)C.[CH]1[CH][CH][CH][CH]1.[CH]1[CH][CH][CH][CH]1.[Tb]. The molecule has 0 spiro atoms. The molecule has 11 radical (unpaired) electrons. The zero-order chi connectivity index (χ0) is 14.8. The Morgan fingerprint density at radius 1 is 0.450 bits per heavy atom. The minimum absolute atomic E-state index is 0. The fourth-order valence-corrected chi connectivity index (χ4v) is 4.02. The molecule has 115 valence electrons. The van der Waals surface area contributed by atoms with Gasteiger partial charge in [0.25, 0.3) is 0 Å². The first kappa shape index (κ1) is 24.0. The summed E-state index contributed by atoms with van der Waals surface area (Å²) in [4.78, 5) is 0. The van der Waals surface area contributed by atoms with Gasteiger partial charge < -0.3 is 0 Å². The van der Waals surface area contributed by atoms with E-state index < -0.39 is 0 Å². The molecular formula is C18H29PTb. The van der Waals surface area contributed by atoms with Crippen LogP contribution in [0.2, 0.25) is 0 Å². The molecule has 2 aliphatic rings. The van der Waals surface area contributed by atoms with Gasteiger partial charge in [-0.3, -0.25) is 0 Å². The van der Waals surface area contributed by atoms with Crippen LogP contribution in [0.15, 0.2) is 0 Å². The van der Waals surface area contributed by atoms with Gasteiger partial charge in [0.05, 0.1) is 0 Å². The normalized spacial score (nSPS) is 18.3. The van der Waals surface area contributed by atoms with E-state index in [0.717, 1.165) is 8.58 Å². The second kappa shape index (κ2) is 13.2. The summed E-state index contributed by atoms with van der Waals surface area (Å²) in [6, 6.07) is 0. The Kier molecular flexibility index (Phi) is 15.8. The Morgan fingerprint density at radius 2 is 0.600 bits per heavy atom. The summed E-state index contributed by atoms with van der Waals surface area (Å²) in [5, 5.41) is 1.02. The predicted octanol–water partition coefficient (Wildman–Crippen LogP) is 5.30. The first-order valence-electron chi connectivity index (χ1n) is 6.83. The monoisotopic (exact) mass is 435 g/mol. The molecule has 0 aliphatic heterocycles. The summed E-state index contributed by atoms with van der Waals surface area (Å²) in [7, 11) is 1.05. The van der Waals surface area contributed by atoms with Crippen molar-refractivity contribution in [1.29, 1.82) is 0 Å². The van der Waals surface area contributed by atoms with Gasteiger partial charge >= 0.3 is 0 Å². The van der Waals surface area contributed by atoms with E-state index in [4.69, 9.17) is 0 Å². The Balaban J connectivity index is 0. The summed E-state index contributed by atoms with van der Waals surface area (Å²) in [6.07, 6.45) is 20.0. The zero-order valence-corrected chi connectivity index (χ0v) is 16.7. The van der Waals surface area contributed by atoms with Crippen molar-refractivity contribution in [3.8, 4) is 0 Å². The Hall–Kier alpha value is 1.72. The molecular weight excluding hydrogens is 406 g/mol. The van der Waals surface area contributed by atoms with E-state index in [1.54, 1.807) is 0 Å². The summed E-state index contributed by atoms with van der Waals surface area (Å²) in [6.45, 7) is 13.8. The maximum Gasteiger partial charge on any atom is 0 e. The van der Waals surface area contributed by atoms with Gasteiger partial charge in [-0.15, -0.1) is 8.58 Å². The van der Waals surface area contributed by atoms with E-state index in [9.17, 15) is 0 Å². The van der Waals surface area contributed by atoms with Crippen molar-refractivity contribution in [1.82, 2.24) is 0 Å². The van der Waals surface area contributed by atoms with Crippen LogP contribution in [0.5, 0.6) is 0 Å². The quantitative estimate of drug-likeness (QED) is 0.453. The van der Waals surface area contributed by atoms with Gasteiger partial charge in [-0.05, 0) is 74.5 Å². The zero-order valence-electron chi connectivity index (χ0n) is 13.6. The van der Waals surface area contributed by atoms with Gasteiger partial charge in [0.15, 0.2) is 0 Å². The van der Waals surface area contributed by atoms with E-state index >= 15 is 0 Å². The minimum Gasteiger partial charge on any atom is -0.111 e. The smallest absolute Gasteiger partial charge is 0 e. The van der Waals surface area contributed by atoms with E-state index in [1.165, 1.54) is 0 Å². The maximum absolute atomic E-state index is 2.30. The van der Waals surface area contributed by atoms with Crippen LogP contribution in [-0.2, 0) is 0 Å². The number of hydrogen-bond acceptors (Lipinski definition) is 0. The van der Waals surface area contributed by atoms with Gasteiger partial charge in [-0.2, -0.15) is 0 Å². The summed E-state index contributed by atoms with van der Waals surface area (Å²) >= 11 is 0. The molecule has 0 atom stereocenters. The molecule has 2 heteroatoms. The fraction of sp³-hybridized carbons (Fsp3) is 0.444. The molecule has 20 heavy (non-hydrogen) atoms. The number of rotatable bonds is 0. The largest absolute Gasteiger partial charge is 0.111 e. The van der Waals surface area contributed by atoms with Gasteiger partial charge in [-0.25, -0.2) is 0 Å². The molecule has 0 aromatic rings. The molecule has 0 unspecified atom stereocenters. The van der Waals surface area contributed by atoms with Crippen LogP contribution in [0.25, 0.3) is 0 Å². The van der Waals surface area contributed by atoms with Crippen molar-refractivity contribution in [3.63, 3.8) is 0 Å². The second-order valence-corrected chi connectivity index (χ2v) is 9.80. The summed E-state index contributed by atoms with van der Waals surface area (Å²) in [5.41, 5.74) is 0. The molecule has 2 rings (SSSR count). The predicted molar refractivity (Wildman–Crippen MR) is 90.8 cm³/mol. The molecule has 0 bridgehead atoms. The van der Waals surface area contributed by atoms with Crippen molar-refractivity contribution in [2.24, 2.45) is 0 Å². The van der Waals surface area contributed by atoms with Gasteiger partial charge in [-0.1, -0.05) is 41.5 Å². The van der Waals surface area contributed by atoms with Crippen molar-refractivity contribution >= 4 is 8.58 Å². The topological polar surface area (TPSA) is 0 Å². The molecule has 0 aromatic carbocycles. The van der Waals surface area contributed by atoms with Crippen LogP contribution in [0.1, 0.15) is 41.5 Å². The summed E-state index contributed by atoms with van der Waals surface area (Å²) < 4.78 is 0. The average molecular weight is 435 g/mol. The van der Waals surface area contributed by atoms with Crippen molar-refractivity contribution in [2.45, 2.75) is 51.9 Å². The molecule has 0 saturated heterocycles. The second-order valence-electron chi connectivity index (χ2n) is 6.55. The molecule has 0 heterocycles. The van der Waals surface area contributed by atoms with Crippen molar-refractivity contribution in [3.05, 3.63) is 64.2 Å². The Bertz CT molecular complexity index is 155.